The van der Waals surface area contributed by atoms with E-state index in [1.165, 1.54) is 10.6 Å². The number of aromatic nitrogens is 1. The van der Waals surface area contributed by atoms with Crippen LogP contribution in [0.15, 0.2) is 18.3 Å². The van der Waals surface area contributed by atoms with Gasteiger partial charge >= 0.3 is 0 Å². The third kappa shape index (κ3) is 3.47. The van der Waals surface area contributed by atoms with Crippen LogP contribution in [0.4, 0.5) is 0 Å². The van der Waals surface area contributed by atoms with Crippen LogP contribution in [0, 0.1) is 0 Å². The molecule has 1 fully saturated rings. The van der Waals surface area contributed by atoms with Crippen LogP contribution in [0.2, 0.25) is 0 Å². The SMILES string of the molecule is COc1ncccc1CN(C)C1CCN(S(C)(=O)=O)C1. The quantitative estimate of drug-likeness (QED) is 0.795. The molecule has 0 aromatic carbocycles. The van der Waals surface area contributed by atoms with Crippen molar-refractivity contribution in [1.82, 2.24) is 14.2 Å². The summed E-state index contributed by atoms with van der Waals surface area (Å²) in [6.07, 6.45) is 3.81. The zero-order chi connectivity index (χ0) is 14.8. The van der Waals surface area contributed by atoms with Crippen molar-refractivity contribution in [3.63, 3.8) is 0 Å². The average molecular weight is 299 g/mol. The fourth-order valence-corrected chi connectivity index (χ4v) is 3.38. The van der Waals surface area contributed by atoms with Gasteiger partial charge in [-0.3, -0.25) is 4.90 Å². The summed E-state index contributed by atoms with van der Waals surface area (Å²) in [5.41, 5.74) is 1.01. The van der Waals surface area contributed by atoms with E-state index in [4.69, 9.17) is 4.74 Å². The summed E-state index contributed by atoms with van der Waals surface area (Å²) in [5, 5.41) is 0. The minimum absolute atomic E-state index is 0.231. The van der Waals surface area contributed by atoms with Crippen molar-refractivity contribution in [2.24, 2.45) is 0 Å². The maximum absolute atomic E-state index is 11.5. The zero-order valence-electron chi connectivity index (χ0n) is 12.1. The molecule has 0 saturated carbocycles. The van der Waals surface area contributed by atoms with Crippen molar-refractivity contribution >= 4 is 10.0 Å². The number of hydrogen-bond donors (Lipinski definition) is 0. The largest absolute Gasteiger partial charge is 0.481 e. The highest BCUT2D eigenvalue weighted by atomic mass is 32.2. The monoisotopic (exact) mass is 299 g/mol. The molecule has 0 N–H and O–H groups in total. The van der Waals surface area contributed by atoms with Crippen LogP contribution in [0.3, 0.4) is 0 Å². The van der Waals surface area contributed by atoms with Crippen molar-refractivity contribution in [3.8, 4) is 5.88 Å². The van der Waals surface area contributed by atoms with Gasteiger partial charge in [-0.15, -0.1) is 0 Å². The van der Waals surface area contributed by atoms with Crippen LogP contribution in [-0.2, 0) is 16.6 Å². The lowest BCUT2D eigenvalue weighted by Crippen LogP contribution is -2.35. The first-order valence-corrected chi connectivity index (χ1v) is 8.40. The maximum Gasteiger partial charge on any atom is 0.217 e. The molecule has 2 heterocycles. The first kappa shape index (κ1) is 15.2. The Bertz CT molecular complexity index is 562. The van der Waals surface area contributed by atoms with Crippen LogP contribution in [0.1, 0.15) is 12.0 Å². The number of hydrogen-bond acceptors (Lipinski definition) is 5. The molecule has 7 heteroatoms. The normalized spacial score (nSPS) is 20.5. The molecular weight excluding hydrogens is 278 g/mol. The van der Waals surface area contributed by atoms with Gasteiger partial charge in [0.15, 0.2) is 0 Å². The summed E-state index contributed by atoms with van der Waals surface area (Å²) in [4.78, 5) is 6.33. The molecule has 1 aliphatic rings. The smallest absolute Gasteiger partial charge is 0.217 e. The molecular formula is C13H21N3O3S. The van der Waals surface area contributed by atoms with E-state index in [1.54, 1.807) is 13.3 Å². The number of pyridine rings is 1. The van der Waals surface area contributed by atoms with Crippen LogP contribution < -0.4 is 4.74 Å². The molecule has 0 aliphatic carbocycles. The Morgan fingerprint density at radius 3 is 2.90 bits per heavy atom. The Kier molecular flexibility index (Phi) is 4.62. The van der Waals surface area contributed by atoms with E-state index in [1.807, 2.05) is 19.2 Å². The molecule has 0 radical (unpaired) electrons. The lowest BCUT2D eigenvalue weighted by molar-refractivity contribution is 0.237. The van der Waals surface area contributed by atoms with Gasteiger partial charge in [-0.1, -0.05) is 6.07 Å². The molecule has 112 valence electrons. The molecule has 1 atom stereocenters. The van der Waals surface area contributed by atoms with Crippen molar-refractivity contribution in [2.75, 3.05) is 33.5 Å². The third-order valence-corrected chi connectivity index (χ3v) is 4.95. The predicted molar refractivity (Wildman–Crippen MR) is 77.1 cm³/mol. The fourth-order valence-electron chi connectivity index (χ4n) is 2.50. The van der Waals surface area contributed by atoms with Gasteiger partial charge in [0.05, 0.1) is 13.4 Å². The minimum Gasteiger partial charge on any atom is -0.481 e. The topological polar surface area (TPSA) is 62.7 Å². The second-order valence-corrected chi connectivity index (χ2v) is 7.13. The van der Waals surface area contributed by atoms with Crippen molar-refractivity contribution in [3.05, 3.63) is 23.9 Å². The van der Waals surface area contributed by atoms with E-state index in [0.29, 0.717) is 25.5 Å². The van der Waals surface area contributed by atoms with Gasteiger partial charge in [-0.25, -0.2) is 17.7 Å². The zero-order valence-corrected chi connectivity index (χ0v) is 12.9. The lowest BCUT2D eigenvalue weighted by Gasteiger charge is -2.24. The maximum atomic E-state index is 11.5. The highest BCUT2D eigenvalue weighted by molar-refractivity contribution is 7.88. The molecule has 0 bridgehead atoms. The Labute approximate surface area is 120 Å². The first-order chi connectivity index (χ1) is 9.41. The van der Waals surface area contributed by atoms with Gasteiger partial charge in [0.25, 0.3) is 0 Å². The summed E-state index contributed by atoms with van der Waals surface area (Å²) in [6.45, 7) is 1.84. The highest BCUT2D eigenvalue weighted by Crippen LogP contribution is 2.21. The van der Waals surface area contributed by atoms with E-state index in [2.05, 4.69) is 9.88 Å². The number of ether oxygens (including phenoxy) is 1. The molecule has 2 rings (SSSR count). The number of rotatable bonds is 5. The van der Waals surface area contributed by atoms with E-state index < -0.39 is 10.0 Å². The van der Waals surface area contributed by atoms with Crippen molar-refractivity contribution in [2.45, 2.75) is 19.0 Å². The summed E-state index contributed by atoms with van der Waals surface area (Å²) in [5.74, 6) is 0.623. The Hall–Kier alpha value is -1.18. The van der Waals surface area contributed by atoms with Gasteiger partial charge in [0.1, 0.15) is 0 Å². The molecule has 0 amide bonds. The predicted octanol–water partition coefficient (Wildman–Crippen LogP) is 0.556. The Morgan fingerprint density at radius 2 is 2.30 bits per heavy atom. The fraction of sp³-hybridized carbons (Fsp3) is 0.615. The minimum atomic E-state index is -3.09. The second-order valence-electron chi connectivity index (χ2n) is 5.15. The Morgan fingerprint density at radius 1 is 1.55 bits per heavy atom. The molecule has 6 nitrogen and oxygen atoms in total. The van der Waals surface area contributed by atoms with Gasteiger partial charge in [-0.2, -0.15) is 0 Å². The molecule has 1 aromatic rings. The van der Waals surface area contributed by atoms with Gasteiger partial charge in [0, 0.05) is 37.4 Å². The van der Waals surface area contributed by atoms with Crippen molar-refractivity contribution < 1.29 is 13.2 Å². The number of likely N-dealkylation sites (N-methyl/N-ethyl adjacent to an activating group) is 1. The van der Waals surface area contributed by atoms with Crippen LogP contribution >= 0.6 is 0 Å². The number of sulfonamides is 1. The van der Waals surface area contributed by atoms with E-state index in [9.17, 15) is 8.42 Å². The van der Waals surface area contributed by atoms with Crippen LogP contribution in [-0.4, -0.2) is 62.2 Å². The van der Waals surface area contributed by atoms with E-state index in [0.717, 1.165) is 12.0 Å². The lowest BCUT2D eigenvalue weighted by atomic mass is 10.2. The number of methoxy groups -OCH3 is 1. The molecule has 1 unspecified atom stereocenters. The van der Waals surface area contributed by atoms with E-state index in [-0.39, 0.29) is 6.04 Å². The summed E-state index contributed by atoms with van der Waals surface area (Å²) >= 11 is 0. The standard InChI is InChI=1S/C13H21N3O3S/c1-15(9-11-5-4-7-14-13(11)19-2)12-6-8-16(10-12)20(3,17)18/h4-5,7,12H,6,8-10H2,1-3H3. The van der Waals surface area contributed by atoms with Crippen LogP contribution in [0.5, 0.6) is 5.88 Å². The molecule has 1 saturated heterocycles. The van der Waals surface area contributed by atoms with E-state index >= 15 is 0 Å². The van der Waals surface area contributed by atoms with Crippen molar-refractivity contribution in [1.29, 1.82) is 0 Å². The Balaban J connectivity index is 2.01. The molecule has 1 aliphatic heterocycles. The highest BCUT2D eigenvalue weighted by Gasteiger charge is 2.31. The van der Waals surface area contributed by atoms with Crippen LogP contribution in [0.25, 0.3) is 0 Å². The van der Waals surface area contributed by atoms with Gasteiger partial charge in [-0.05, 0) is 19.5 Å². The molecule has 20 heavy (non-hydrogen) atoms. The average Bonchev–Trinajstić information content (AvgIpc) is 2.89. The van der Waals surface area contributed by atoms with Gasteiger partial charge in [0.2, 0.25) is 15.9 Å². The second kappa shape index (κ2) is 6.07. The first-order valence-electron chi connectivity index (χ1n) is 6.55. The third-order valence-electron chi connectivity index (χ3n) is 3.68. The van der Waals surface area contributed by atoms with Gasteiger partial charge < -0.3 is 4.74 Å². The molecule has 0 spiro atoms. The summed E-state index contributed by atoms with van der Waals surface area (Å²) < 4.78 is 29.9. The number of nitrogens with zero attached hydrogens (tertiary/aromatic N) is 3. The molecule has 1 aromatic heterocycles. The summed E-state index contributed by atoms with van der Waals surface area (Å²) in [6, 6.07) is 4.09. The summed E-state index contributed by atoms with van der Waals surface area (Å²) in [7, 11) is 0.522.